The molecule has 0 radical (unpaired) electrons. The molecule has 0 spiro atoms. The van der Waals surface area contributed by atoms with Gasteiger partial charge in [0.05, 0.1) is 0 Å². The van der Waals surface area contributed by atoms with Crippen molar-refractivity contribution in [2.24, 2.45) is 0 Å². The van der Waals surface area contributed by atoms with Gasteiger partial charge in [0.1, 0.15) is 5.82 Å². The van der Waals surface area contributed by atoms with E-state index in [1.807, 2.05) is 0 Å². The van der Waals surface area contributed by atoms with Crippen LogP contribution in [0.15, 0.2) is 29.8 Å². The number of allylic oxidation sites excluding steroid dienone is 1. The molecule has 102 valence electrons. The quantitative estimate of drug-likeness (QED) is 0.822. The molecule has 1 amide bonds. The maximum absolute atomic E-state index is 13.1. The Labute approximate surface area is 113 Å². The lowest BCUT2D eigenvalue weighted by atomic mass is 9.97. The van der Waals surface area contributed by atoms with E-state index in [1.54, 1.807) is 13.0 Å². The molecule has 0 atom stereocenters. The number of halogens is 1. The molecule has 0 saturated heterocycles. The van der Waals surface area contributed by atoms with Crippen LogP contribution in [0.3, 0.4) is 0 Å². The van der Waals surface area contributed by atoms with Crippen molar-refractivity contribution in [2.75, 3.05) is 6.54 Å². The Kier molecular flexibility index (Phi) is 4.72. The smallest absolute Gasteiger partial charge is 0.251 e. The van der Waals surface area contributed by atoms with Crippen LogP contribution >= 0.6 is 0 Å². The molecule has 1 aromatic rings. The van der Waals surface area contributed by atoms with Gasteiger partial charge in [-0.3, -0.25) is 4.79 Å². The second kappa shape index (κ2) is 6.50. The fourth-order valence-electron chi connectivity index (χ4n) is 2.36. The van der Waals surface area contributed by atoms with Crippen LogP contribution in [0.5, 0.6) is 0 Å². The molecule has 0 aliphatic heterocycles. The highest BCUT2D eigenvalue weighted by molar-refractivity contribution is 5.94. The van der Waals surface area contributed by atoms with Crippen molar-refractivity contribution < 1.29 is 9.18 Å². The number of carbonyl (C=O) groups is 1. The predicted octanol–water partition coefficient (Wildman–Crippen LogP) is 3.75. The maximum atomic E-state index is 13.1. The molecule has 3 heteroatoms. The number of carbonyl (C=O) groups excluding carboxylic acids is 1. The second-order valence-corrected chi connectivity index (χ2v) is 5.08. The van der Waals surface area contributed by atoms with Crippen LogP contribution in [-0.4, -0.2) is 12.5 Å². The van der Waals surface area contributed by atoms with Crippen molar-refractivity contribution in [3.63, 3.8) is 0 Å². The van der Waals surface area contributed by atoms with Crippen LogP contribution in [0, 0.1) is 12.7 Å². The normalized spacial score (nSPS) is 14.9. The first kappa shape index (κ1) is 13.8. The summed E-state index contributed by atoms with van der Waals surface area (Å²) >= 11 is 0. The van der Waals surface area contributed by atoms with Crippen molar-refractivity contribution >= 4 is 5.91 Å². The van der Waals surface area contributed by atoms with E-state index < -0.39 is 0 Å². The molecule has 1 N–H and O–H groups in total. The zero-order valence-corrected chi connectivity index (χ0v) is 11.3. The summed E-state index contributed by atoms with van der Waals surface area (Å²) in [6.45, 7) is 2.32. The van der Waals surface area contributed by atoms with E-state index in [0.29, 0.717) is 17.7 Å². The molecule has 1 aliphatic rings. The molecular formula is C16H20FNO. The Morgan fingerprint density at radius 2 is 2.21 bits per heavy atom. The summed E-state index contributed by atoms with van der Waals surface area (Å²) in [5.41, 5.74) is 2.47. The van der Waals surface area contributed by atoms with Crippen LogP contribution in [0.4, 0.5) is 4.39 Å². The van der Waals surface area contributed by atoms with Gasteiger partial charge >= 0.3 is 0 Å². The fourth-order valence-corrected chi connectivity index (χ4v) is 2.36. The minimum Gasteiger partial charge on any atom is -0.352 e. The Balaban J connectivity index is 1.83. The number of hydrogen-bond acceptors (Lipinski definition) is 1. The summed E-state index contributed by atoms with van der Waals surface area (Å²) in [6, 6.07) is 4.45. The third kappa shape index (κ3) is 3.91. The number of hydrogen-bond donors (Lipinski definition) is 1. The Hall–Kier alpha value is -1.64. The van der Waals surface area contributed by atoms with Gasteiger partial charge in [-0.1, -0.05) is 11.6 Å². The molecule has 1 aliphatic carbocycles. The van der Waals surface area contributed by atoms with E-state index in [2.05, 4.69) is 11.4 Å². The number of benzene rings is 1. The minimum atomic E-state index is -0.274. The molecule has 0 bridgehead atoms. The van der Waals surface area contributed by atoms with E-state index >= 15 is 0 Å². The van der Waals surface area contributed by atoms with E-state index in [1.165, 1.54) is 37.0 Å². The highest BCUT2D eigenvalue weighted by Gasteiger charge is 2.08. The average Bonchev–Trinajstić information content (AvgIpc) is 2.43. The average molecular weight is 261 g/mol. The van der Waals surface area contributed by atoms with E-state index in [0.717, 1.165) is 12.8 Å². The summed E-state index contributed by atoms with van der Waals surface area (Å²) < 4.78 is 13.1. The standard InChI is InChI=1S/C16H20FNO/c1-12-11-14(7-8-15(12)17)16(19)18-10-9-13-5-3-2-4-6-13/h5,7-8,11H,2-4,6,9-10H2,1H3,(H,18,19). The Morgan fingerprint density at radius 1 is 1.37 bits per heavy atom. The van der Waals surface area contributed by atoms with E-state index in [9.17, 15) is 9.18 Å². The number of amides is 1. The minimum absolute atomic E-state index is 0.125. The van der Waals surface area contributed by atoms with Crippen molar-refractivity contribution in [1.29, 1.82) is 0 Å². The van der Waals surface area contributed by atoms with Gasteiger partial charge in [0, 0.05) is 12.1 Å². The van der Waals surface area contributed by atoms with Gasteiger partial charge in [0.2, 0.25) is 0 Å². The Morgan fingerprint density at radius 3 is 2.89 bits per heavy atom. The number of rotatable bonds is 4. The van der Waals surface area contributed by atoms with Crippen molar-refractivity contribution in [1.82, 2.24) is 5.32 Å². The third-order valence-corrected chi connectivity index (χ3v) is 3.54. The van der Waals surface area contributed by atoms with Gasteiger partial charge in [-0.15, -0.1) is 0 Å². The van der Waals surface area contributed by atoms with Crippen LogP contribution in [0.2, 0.25) is 0 Å². The highest BCUT2D eigenvalue weighted by Crippen LogP contribution is 2.19. The zero-order chi connectivity index (χ0) is 13.7. The van der Waals surface area contributed by atoms with Crippen LogP contribution in [0.1, 0.15) is 48.0 Å². The molecule has 1 aromatic carbocycles. The topological polar surface area (TPSA) is 29.1 Å². The summed E-state index contributed by atoms with van der Waals surface area (Å²) in [4.78, 5) is 11.9. The maximum Gasteiger partial charge on any atom is 0.251 e. The molecule has 0 saturated carbocycles. The van der Waals surface area contributed by atoms with Crippen molar-refractivity contribution in [3.05, 3.63) is 46.8 Å². The third-order valence-electron chi connectivity index (χ3n) is 3.54. The first-order chi connectivity index (χ1) is 9.16. The van der Waals surface area contributed by atoms with Gasteiger partial charge in [0.15, 0.2) is 0 Å². The van der Waals surface area contributed by atoms with Gasteiger partial charge in [0.25, 0.3) is 5.91 Å². The molecule has 2 nitrogen and oxygen atoms in total. The first-order valence-electron chi connectivity index (χ1n) is 6.89. The monoisotopic (exact) mass is 261 g/mol. The summed E-state index contributed by atoms with van der Waals surface area (Å²) in [6.07, 6.45) is 8.08. The van der Waals surface area contributed by atoms with Crippen LogP contribution in [-0.2, 0) is 0 Å². The van der Waals surface area contributed by atoms with Crippen molar-refractivity contribution in [2.45, 2.75) is 39.0 Å². The lowest BCUT2D eigenvalue weighted by Crippen LogP contribution is -2.25. The summed E-state index contributed by atoms with van der Waals surface area (Å²) in [7, 11) is 0. The lowest BCUT2D eigenvalue weighted by Gasteiger charge is -2.13. The van der Waals surface area contributed by atoms with E-state index in [4.69, 9.17) is 0 Å². The molecule has 0 unspecified atom stereocenters. The van der Waals surface area contributed by atoms with Gasteiger partial charge < -0.3 is 5.32 Å². The van der Waals surface area contributed by atoms with Crippen LogP contribution in [0.25, 0.3) is 0 Å². The van der Waals surface area contributed by atoms with Gasteiger partial charge in [-0.25, -0.2) is 4.39 Å². The lowest BCUT2D eigenvalue weighted by molar-refractivity contribution is 0.0954. The number of nitrogens with one attached hydrogen (secondary N) is 1. The molecular weight excluding hydrogens is 241 g/mol. The fraction of sp³-hybridized carbons (Fsp3) is 0.438. The van der Waals surface area contributed by atoms with Gasteiger partial charge in [-0.2, -0.15) is 0 Å². The highest BCUT2D eigenvalue weighted by atomic mass is 19.1. The molecule has 19 heavy (non-hydrogen) atoms. The SMILES string of the molecule is Cc1cc(C(=O)NCCC2=CCCCC2)ccc1F. The van der Waals surface area contributed by atoms with Crippen LogP contribution < -0.4 is 5.32 Å². The largest absolute Gasteiger partial charge is 0.352 e. The summed E-state index contributed by atoms with van der Waals surface area (Å²) in [5.74, 6) is -0.400. The molecule has 2 rings (SSSR count). The van der Waals surface area contributed by atoms with Crippen molar-refractivity contribution in [3.8, 4) is 0 Å². The summed E-state index contributed by atoms with van der Waals surface area (Å²) in [5, 5.41) is 2.89. The first-order valence-corrected chi connectivity index (χ1v) is 6.89. The van der Waals surface area contributed by atoms with E-state index in [-0.39, 0.29) is 11.7 Å². The molecule has 0 aromatic heterocycles. The zero-order valence-electron chi connectivity index (χ0n) is 11.3. The molecule has 0 heterocycles. The predicted molar refractivity (Wildman–Crippen MR) is 74.6 cm³/mol. The Bertz CT molecular complexity index is 494. The number of aryl methyl sites for hydroxylation is 1. The second-order valence-electron chi connectivity index (χ2n) is 5.08. The van der Waals surface area contributed by atoms with Gasteiger partial charge in [-0.05, 0) is 62.8 Å². The molecule has 0 fully saturated rings.